The maximum Gasteiger partial charge on any atom is 0.267 e. The van der Waals surface area contributed by atoms with E-state index in [0.29, 0.717) is 22.5 Å². The van der Waals surface area contributed by atoms with Crippen LogP contribution in [0.25, 0.3) is 15.9 Å². The standard InChI is InChI=1S/C27H27N3O3S2/c1-17(2)29-14-13-21-23(15-29)35-25-24(21)26(32)30(19-7-5-4-6-8-19)27(28-25)34-16-22(31)18-9-11-20(33-3)12-10-18/h4-12,17H,13-16H2,1-3H3. The minimum absolute atomic E-state index is 0.0235. The molecule has 0 saturated carbocycles. The number of carbonyl (C=O) groups excluding carboxylic acids is 1. The summed E-state index contributed by atoms with van der Waals surface area (Å²) in [5.41, 5.74) is 2.44. The first-order valence-electron chi connectivity index (χ1n) is 11.6. The highest BCUT2D eigenvalue weighted by atomic mass is 32.2. The number of benzene rings is 2. The van der Waals surface area contributed by atoms with E-state index in [2.05, 4.69) is 18.7 Å². The molecule has 0 bridgehead atoms. The molecule has 4 aromatic rings. The number of nitrogens with zero attached hydrogens (tertiary/aromatic N) is 3. The monoisotopic (exact) mass is 505 g/mol. The number of ketones is 1. The normalized spacial score (nSPS) is 13.8. The number of fused-ring (bicyclic) bond motifs is 3. The number of Topliss-reactive ketones (excluding diaryl/α,β-unsaturated/α-hetero) is 1. The number of carbonyl (C=O) groups is 1. The van der Waals surface area contributed by atoms with Crippen LogP contribution in [-0.2, 0) is 13.0 Å². The molecule has 2 aromatic carbocycles. The zero-order valence-electron chi connectivity index (χ0n) is 20.0. The van der Waals surface area contributed by atoms with Gasteiger partial charge in [0.25, 0.3) is 5.56 Å². The lowest BCUT2D eigenvalue weighted by Gasteiger charge is -2.30. The minimum atomic E-state index is -0.0592. The molecule has 0 radical (unpaired) electrons. The highest BCUT2D eigenvalue weighted by Gasteiger charge is 2.26. The lowest BCUT2D eigenvalue weighted by Crippen LogP contribution is -2.35. The molecule has 3 heterocycles. The van der Waals surface area contributed by atoms with Crippen LogP contribution in [0.15, 0.2) is 64.5 Å². The van der Waals surface area contributed by atoms with E-state index in [0.717, 1.165) is 41.0 Å². The molecule has 0 atom stereocenters. The summed E-state index contributed by atoms with van der Waals surface area (Å²) < 4.78 is 6.85. The number of rotatable bonds is 7. The smallest absolute Gasteiger partial charge is 0.267 e. The van der Waals surface area contributed by atoms with Crippen LogP contribution in [-0.4, -0.2) is 45.7 Å². The van der Waals surface area contributed by atoms with Crippen molar-refractivity contribution in [2.45, 2.75) is 38.0 Å². The van der Waals surface area contributed by atoms with Crippen molar-refractivity contribution in [3.8, 4) is 11.4 Å². The van der Waals surface area contributed by atoms with E-state index in [1.807, 2.05) is 30.3 Å². The summed E-state index contributed by atoms with van der Waals surface area (Å²) in [6, 6.07) is 17.1. The third kappa shape index (κ3) is 4.66. The van der Waals surface area contributed by atoms with Gasteiger partial charge < -0.3 is 4.74 Å². The first-order valence-corrected chi connectivity index (χ1v) is 13.4. The summed E-state index contributed by atoms with van der Waals surface area (Å²) in [4.78, 5) is 36.1. The molecular formula is C27H27N3O3S2. The largest absolute Gasteiger partial charge is 0.497 e. The van der Waals surface area contributed by atoms with Crippen LogP contribution in [0.3, 0.4) is 0 Å². The highest BCUT2D eigenvalue weighted by Crippen LogP contribution is 2.35. The zero-order chi connectivity index (χ0) is 24.5. The van der Waals surface area contributed by atoms with Gasteiger partial charge in [0.1, 0.15) is 10.6 Å². The summed E-state index contributed by atoms with van der Waals surface area (Å²) in [6.07, 6.45) is 0.849. The molecule has 5 rings (SSSR count). The van der Waals surface area contributed by atoms with E-state index < -0.39 is 0 Å². The number of thiophene rings is 1. The van der Waals surface area contributed by atoms with E-state index in [4.69, 9.17) is 9.72 Å². The Morgan fingerprint density at radius 1 is 1.14 bits per heavy atom. The fourth-order valence-electron chi connectivity index (χ4n) is 4.38. The summed E-state index contributed by atoms with van der Waals surface area (Å²) >= 11 is 2.91. The minimum Gasteiger partial charge on any atom is -0.497 e. The first kappa shape index (κ1) is 23.8. The molecule has 8 heteroatoms. The van der Waals surface area contributed by atoms with Crippen LogP contribution >= 0.6 is 23.1 Å². The number of para-hydroxylation sites is 1. The fraction of sp³-hybridized carbons (Fsp3) is 0.296. The van der Waals surface area contributed by atoms with Crippen LogP contribution in [0.4, 0.5) is 0 Å². The molecular weight excluding hydrogens is 478 g/mol. The molecule has 35 heavy (non-hydrogen) atoms. The van der Waals surface area contributed by atoms with Gasteiger partial charge in [-0.1, -0.05) is 30.0 Å². The SMILES string of the molecule is COc1ccc(C(=O)CSc2nc3sc4c(c3c(=O)n2-c2ccccc2)CCN(C(C)C)C4)cc1. The van der Waals surface area contributed by atoms with Crippen LogP contribution in [0.1, 0.15) is 34.6 Å². The Balaban J connectivity index is 1.54. The van der Waals surface area contributed by atoms with Gasteiger partial charge in [-0.25, -0.2) is 4.98 Å². The Morgan fingerprint density at radius 2 is 1.89 bits per heavy atom. The van der Waals surface area contributed by atoms with Crippen molar-refractivity contribution < 1.29 is 9.53 Å². The van der Waals surface area contributed by atoms with Crippen molar-refractivity contribution >= 4 is 39.1 Å². The van der Waals surface area contributed by atoms with Crippen molar-refractivity contribution in [3.63, 3.8) is 0 Å². The second kappa shape index (κ2) is 9.97. The van der Waals surface area contributed by atoms with Gasteiger partial charge in [-0.2, -0.15) is 0 Å². The van der Waals surface area contributed by atoms with E-state index in [1.165, 1.54) is 16.6 Å². The van der Waals surface area contributed by atoms with Crippen molar-refractivity contribution in [1.82, 2.24) is 14.5 Å². The number of thioether (sulfide) groups is 1. The predicted molar refractivity (Wildman–Crippen MR) is 143 cm³/mol. The van der Waals surface area contributed by atoms with Crippen LogP contribution < -0.4 is 10.3 Å². The molecule has 1 aliphatic rings. The molecule has 0 unspecified atom stereocenters. The predicted octanol–water partition coefficient (Wildman–Crippen LogP) is 5.20. The van der Waals surface area contributed by atoms with E-state index in [-0.39, 0.29) is 17.1 Å². The molecule has 0 fully saturated rings. The Labute approximate surface area is 212 Å². The average molecular weight is 506 g/mol. The third-order valence-corrected chi connectivity index (χ3v) is 8.41. The van der Waals surface area contributed by atoms with Gasteiger partial charge in [0, 0.05) is 29.6 Å². The second-order valence-corrected chi connectivity index (χ2v) is 10.8. The van der Waals surface area contributed by atoms with Crippen molar-refractivity contribution in [2.24, 2.45) is 0 Å². The second-order valence-electron chi connectivity index (χ2n) is 8.81. The number of ether oxygens (including phenoxy) is 1. The van der Waals surface area contributed by atoms with Gasteiger partial charge in [0.2, 0.25) is 0 Å². The Hall–Kier alpha value is -2.94. The first-order chi connectivity index (χ1) is 17.0. The Kier molecular flexibility index (Phi) is 6.77. The van der Waals surface area contributed by atoms with Gasteiger partial charge >= 0.3 is 0 Å². The van der Waals surface area contributed by atoms with Gasteiger partial charge in [-0.15, -0.1) is 11.3 Å². The summed E-state index contributed by atoms with van der Waals surface area (Å²) in [6.45, 7) is 6.19. The van der Waals surface area contributed by atoms with Gasteiger partial charge in [0.15, 0.2) is 10.9 Å². The van der Waals surface area contributed by atoms with E-state index in [9.17, 15) is 9.59 Å². The molecule has 1 aliphatic heterocycles. The van der Waals surface area contributed by atoms with E-state index in [1.54, 1.807) is 47.3 Å². The topological polar surface area (TPSA) is 64.4 Å². The lowest BCUT2D eigenvalue weighted by atomic mass is 10.0. The average Bonchev–Trinajstić information content (AvgIpc) is 3.25. The number of methoxy groups -OCH3 is 1. The lowest BCUT2D eigenvalue weighted by molar-refractivity contribution is 0.102. The molecule has 6 nitrogen and oxygen atoms in total. The molecule has 0 N–H and O–H groups in total. The quantitative estimate of drug-likeness (QED) is 0.196. The molecule has 180 valence electrons. The Morgan fingerprint density at radius 3 is 2.57 bits per heavy atom. The van der Waals surface area contributed by atoms with Crippen molar-refractivity contribution in [3.05, 3.63) is 81.0 Å². The Bertz CT molecular complexity index is 1430. The maximum absolute atomic E-state index is 13.9. The summed E-state index contributed by atoms with van der Waals surface area (Å²) in [5, 5.41) is 1.26. The fourth-order valence-corrected chi connectivity index (χ4v) is 6.57. The van der Waals surface area contributed by atoms with Crippen molar-refractivity contribution in [1.29, 1.82) is 0 Å². The van der Waals surface area contributed by atoms with Gasteiger partial charge in [-0.3, -0.25) is 19.1 Å². The van der Waals surface area contributed by atoms with Crippen molar-refractivity contribution in [2.75, 3.05) is 19.4 Å². The zero-order valence-corrected chi connectivity index (χ0v) is 21.6. The van der Waals surface area contributed by atoms with Crippen LogP contribution in [0, 0.1) is 0 Å². The summed E-state index contributed by atoms with van der Waals surface area (Å²) in [7, 11) is 1.60. The molecule has 0 saturated heterocycles. The molecule has 0 spiro atoms. The number of hydrogen-bond donors (Lipinski definition) is 0. The van der Waals surface area contributed by atoms with Crippen LogP contribution in [0.2, 0.25) is 0 Å². The molecule has 0 aliphatic carbocycles. The van der Waals surface area contributed by atoms with Gasteiger partial charge in [-0.05, 0) is 62.2 Å². The van der Waals surface area contributed by atoms with Gasteiger partial charge in [0.05, 0.1) is 23.9 Å². The highest BCUT2D eigenvalue weighted by molar-refractivity contribution is 7.99. The maximum atomic E-state index is 13.9. The molecule has 2 aromatic heterocycles. The van der Waals surface area contributed by atoms with E-state index >= 15 is 0 Å². The third-order valence-electron chi connectivity index (χ3n) is 6.36. The molecule has 0 amide bonds. The number of hydrogen-bond acceptors (Lipinski definition) is 7. The summed E-state index contributed by atoms with van der Waals surface area (Å²) in [5.74, 6) is 0.866. The number of aromatic nitrogens is 2. The van der Waals surface area contributed by atoms with Crippen LogP contribution in [0.5, 0.6) is 5.75 Å².